The van der Waals surface area contributed by atoms with Gasteiger partial charge in [0, 0.05) is 42.7 Å². The van der Waals surface area contributed by atoms with Gasteiger partial charge in [-0.3, -0.25) is 9.89 Å². The summed E-state index contributed by atoms with van der Waals surface area (Å²) in [6.07, 6.45) is 15.3. The van der Waals surface area contributed by atoms with Crippen molar-refractivity contribution in [1.29, 1.82) is 5.41 Å². The van der Waals surface area contributed by atoms with Gasteiger partial charge < -0.3 is 27.1 Å². The van der Waals surface area contributed by atoms with Gasteiger partial charge in [0.25, 0.3) is 0 Å². The standard InChI is InChI=1S/C23H34N8O/c1-4-31(11-10-23(2,27-3)22(26)32)21-13-20(25)30-29-16-19(15-28-21)18(14-24)12-17-8-6-5-7-9-17/h6,8-9,12-16,24,27,30H,4-5,7,10-11,25H2,1-3H3,(H2,26,32)/b18-12+,19-15?,20-13?,24-14?,28-21?,29-16?. The van der Waals surface area contributed by atoms with E-state index in [2.05, 4.69) is 32.7 Å². The molecule has 0 aromatic carbocycles. The van der Waals surface area contributed by atoms with Gasteiger partial charge in [0.2, 0.25) is 5.91 Å². The molecule has 0 saturated heterocycles. The zero-order chi connectivity index (χ0) is 23.6. The number of nitrogens with one attached hydrogen (secondary N) is 3. The van der Waals surface area contributed by atoms with Crippen molar-refractivity contribution in [1.82, 2.24) is 20.5 Å². The van der Waals surface area contributed by atoms with E-state index in [0.717, 1.165) is 18.4 Å². The van der Waals surface area contributed by atoms with Crippen molar-refractivity contribution in [2.45, 2.75) is 38.6 Å². The third-order valence-electron chi connectivity index (χ3n) is 5.54. The second-order valence-corrected chi connectivity index (χ2v) is 7.75. The quantitative estimate of drug-likeness (QED) is 0.354. The van der Waals surface area contributed by atoms with Gasteiger partial charge in [-0.1, -0.05) is 18.2 Å². The summed E-state index contributed by atoms with van der Waals surface area (Å²) in [6.45, 7) is 4.96. The van der Waals surface area contributed by atoms with Crippen LogP contribution in [0.25, 0.3) is 5.57 Å². The predicted molar refractivity (Wildman–Crippen MR) is 131 cm³/mol. The molecule has 0 bridgehead atoms. The first-order valence-electron chi connectivity index (χ1n) is 10.7. The largest absolute Gasteiger partial charge is 0.384 e. The van der Waals surface area contributed by atoms with Crippen molar-refractivity contribution < 1.29 is 4.79 Å². The monoisotopic (exact) mass is 438 g/mol. The van der Waals surface area contributed by atoms with E-state index < -0.39 is 11.4 Å². The van der Waals surface area contributed by atoms with Crippen LogP contribution in [0.2, 0.25) is 0 Å². The molecule has 0 aliphatic heterocycles. The van der Waals surface area contributed by atoms with E-state index in [-0.39, 0.29) is 0 Å². The SMILES string of the molecule is CCN(CCC(C)(NC)C(N)=O)c1cc(N)[nH]ncc(/C(C=N)=C/C2=CCCC=C2)cn1. The topological polar surface area (TPSA) is 150 Å². The van der Waals surface area contributed by atoms with Crippen LogP contribution in [-0.4, -0.2) is 53.0 Å². The molecule has 1 aromatic heterocycles. The van der Waals surface area contributed by atoms with Crippen LogP contribution in [0.15, 0.2) is 48.3 Å². The highest BCUT2D eigenvalue weighted by Crippen LogP contribution is 2.19. The summed E-state index contributed by atoms with van der Waals surface area (Å²) >= 11 is 0. The first-order chi connectivity index (χ1) is 15.3. The van der Waals surface area contributed by atoms with Gasteiger partial charge in [0.1, 0.15) is 11.6 Å². The number of aromatic nitrogens is 3. The summed E-state index contributed by atoms with van der Waals surface area (Å²) in [5, 5.41) is 17.9. The highest BCUT2D eigenvalue weighted by Gasteiger charge is 2.29. The van der Waals surface area contributed by atoms with Crippen LogP contribution >= 0.6 is 0 Å². The number of allylic oxidation sites excluding steroid dienone is 6. The molecule has 172 valence electrons. The molecule has 9 heteroatoms. The lowest BCUT2D eigenvalue weighted by atomic mass is 9.97. The average Bonchev–Trinajstić information content (AvgIpc) is 2.88. The second kappa shape index (κ2) is 11.8. The van der Waals surface area contributed by atoms with Crippen LogP contribution in [0, 0.1) is 5.41 Å². The molecule has 0 spiro atoms. The zero-order valence-electron chi connectivity index (χ0n) is 19.1. The molecule has 1 amide bonds. The number of hydrogen-bond acceptors (Lipinski definition) is 7. The van der Waals surface area contributed by atoms with Gasteiger partial charge in [-0.25, -0.2) is 4.98 Å². The lowest BCUT2D eigenvalue weighted by Gasteiger charge is -2.29. The molecular weight excluding hydrogens is 404 g/mol. The number of likely N-dealkylation sites (N-methyl/N-ethyl adjacent to an activating group) is 1. The molecule has 0 saturated carbocycles. The molecule has 1 aliphatic rings. The van der Waals surface area contributed by atoms with Gasteiger partial charge in [0.15, 0.2) is 0 Å². The number of nitrogens with zero attached hydrogens (tertiary/aromatic N) is 3. The van der Waals surface area contributed by atoms with Crippen molar-refractivity contribution >= 4 is 29.3 Å². The number of amides is 1. The van der Waals surface area contributed by atoms with E-state index in [0.29, 0.717) is 42.3 Å². The van der Waals surface area contributed by atoms with E-state index in [9.17, 15) is 4.79 Å². The minimum absolute atomic E-state index is 0.331. The summed E-state index contributed by atoms with van der Waals surface area (Å²) in [5.74, 6) is 0.536. The Morgan fingerprint density at radius 2 is 2.19 bits per heavy atom. The van der Waals surface area contributed by atoms with Crippen LogP contribution in [0.5, 0.6) is 0 Å². The maximum absolute atomic E-state index is 11.8. The van der Waals surface area contributed by atoms with E-state index in [1.807, 2.05) is 24.0 Å². The van der Waals surface area contributed by atoms with E-state index >= 15 is 0 Å². The number of nitrogen functional groups attached to an aromatic ring is 1. The van der Waals surface area contributed by atoms with Gasteiger partial charge in [-0.2, -0.15) is 5.10 Å². The lowest BCUT2D eigenvalue weighted by molar-refractivity contribution is -0.123. The number of H-pyrrole nitrogens is 1. The summed E-state index contributed by atoms with van der Waals surface area (Å²) in [5.41, 5.74) is 13.2. The van der Waals surface area contributed by atoms with Crippen LogP contribution in [-0.2, 0) is 4.79 Å². The van der Waals surface area contributed by atoms with Crippen LogP contribution < -0.4 is 21.7 Å². The summed E-state index contributed by atoms with van der Waals surface area (Å²) in [7, 11) is 1.72. The van der Waals surface area contributed by atoms with E-state index in [1.54, 1.807) is 32.4 Å². The number of anilines is 2. The fraction of sp³-hybridized carbons (Fsp3) is 0.391. The molecule has 2 rings (SSSR count). The van der Waals surface area contributed by atoms with Crippen LogP contribution in [0.1, 0.15) is 38.7 Å². The maximum Gasteiger partial charge on any atom is 0.237 e. The Morgan fingerprint density at radius 3 is 2.78 bits per heavy atom. The number of rotatable bonds is 10. The van der Waals surface area contributed by atoms with Gasteiger partial charge in [0.05, 0.1) is 11.7 Å². The summed E-state index contributed by atoms with van der Waals surface area (Å²) in [4.78, 5) is 18.5. The molecule has 1 heterocycles. The third-order valence-corrected chi connectivity index (χ3v) is 5.54. The second-order valence-electron chi connectivity index (χ2n) is 7.75. The molecule has 7 N–H and O–H groups in total. The smallest absolute Gasteiger partial charge is 0.237 e. The number of carbonyl (C=O) groups excluding carboxylic acids is 1. The molecule has 1 atom stereocenters. The highest BCUT2D eigenvalue weighted by molar-refractivity contribution is 6.08. The molecular formula is C23H34N8O. The van der Waals surface area contributed by atoms with Crippen molar-refractivity contribution in [3.8, 4) is 0 Å². The number of nitrogens with two attached hydrogens (primary N) is 2. The first-order valence-corrected chi connectivity index (χ1v) is 10.7. The molecule has 1 aliphatic carbocycles. The molecule has 1 aromatic rings. The Labute approximate surface area is 189 Å². The van der Waals surface area contributed by atoms with Crippen LogP contribution in [0.4, 0.5) is 11.6 Å². The predicted octanol–water partition coefficient (Wildman–Crippen LogP) is 2.50. The van der Waals surface area contributed by atoms with Crippen molar-refractivity contribution in [3.63, 3.8) is 0 Å². The Hall–Kier alpha value is -3.46. The molecule has 1 unspecified atom stereocenters. The molecule has 32 heavy (non-hydrogen) atoms. The van der Waals surface area contributed by atoms with Crippen molar-refractivity contribution in [3.05, 3.63) is 53.9 Å². The number of hydrogen-bond donors (Lipinski definition) is 5. The lowest BCUT2D eigenvalue weighted by Crippen LogP contribution is -2.53. The van der Waals surface area contributed by atoms with E-state index in [4.69, 9.17) is 16.9 Å². The molecule has 9 nitrogen and oxygen atoms in total. The van der Waals surface area contributed by atoms with Gasteiger partial charge in [-0.15, -0.1) is 0 Å². The van der Waals surface area contributed by atoms with Gasteiger partial charge in [-0.05, 0) is 51.8 Å². The number of aromatic amines is 1. The number of primary amides is 1. The van der Waals surface area contributed by atoms with Crippen molar-refractivity contribution in [2.24, 2.45) is 5.73 Å². The molecule has 0 fully saturated rings. The third kappa shape index (κ3) is 6.78. The highest BCUT2D eigenvalue weighted by atomic mass is 16.1. The zero-order valence-corrected chi connectivity index (χ0v) is 19.1. The van der Waals surface area contributed by atoms with Crippen molar-refractivity contribution in [2.75, 3.05) is 30.8 Å². The Morgan fingerprint density at radius 1 is 1.41 bits per heavy atom. The number of carbonyl (C=O) groups is 1. The Kier molecular flexibility index (Phi) is 9.15. The minimum Gasteiger partial charge on any atom is -0.384 e. The normalized spacial score (nSPS) is 15.3. The minimum atomic E-state index is -0.832. The summed E-state index contributed by atoms with van der Waals surface area (Å²) in [6, 6.07) is 1.70. The maximum atomic E-state index is 11.8. The van der Waals surface area contributed by atoms with Crippen LogP contribution in [0.3, 0.4) is 0 Å². The van der Waals surface area contributed by atoms with Gasteiger partial charge >= 0.3 is 0 Å². The molecule has 0 radical (unpaired) electrons. The Balaban J connectivity index is 2.43. The average molecular weight is 439 g/mol. The van der Waals surface area contributed by atoms with E-state index in [1.165, 1.54) is 6.21 Å². The fourth-order valence-corrected chi connectivity index (χ4v) is 3.17. The first kappa shape index (κ1) is 24.8. The Bertz CT molecular complexity index is 961. The summed E-state index contributed by atoms with van der Waals surface area (Å²) < 4.78 is 0. The fourth-order valence-electron chi connectivity index (χ4n) is 3.17.